The van der Waals surface area contributed by atoms with Gasteiger partial charge in [0, 0.05) is 31.2 Å². The van der Waals surface area contributed by atoms with Crippen LogP contribution in [-0.4, -0.2) is 70.5 Å². The molecule has 0 radical (unpaired) electrons. The summed E-state index contributed by atoms with van der Waals surface area (Å²) in [6, 6.07) is 0.269. The van der Waals surface area contributed by atoms with Crippen LogP contribution in [0.25, 0.3) is 5.65 Å². The molecule has 2 saturated carbocycles. The molecular formula is C26H27F9N8O3. The van der Waals surface area contributed by atoms with E-state index in [1.54, 1.807) is 0 Å². The van der Waals surface area contributed by atoms with Crippen LogP contribution in [0, 0.1) is 11.8 Å². The summed E-state index contributed by atoms with van der Waals surface area (Å²) < 4.78 is 120. The number of nitrogens with one attached hydrogen (secondary N) is 2. The topological polar surface area (TPSA) is 139 Å². The molecule has 5 rings (SSSR count). The van der Waals surface area contributed by atoms with Gasteiger partial charge in [0.05, 0.1) is 49.2 Å². The lowest BCUT2D eigenvalue weighted by Gasteiger charge is -2.43. The highest BCUT2D eigenvalue weighted by Gasteiger charge is 2.71. The average Bonchev–Trinajstić information content (AvgIpc) is 3.61. The van der Waals surface area contributed by atoms with Crippen molar-refractivity contribution < 1.29 is 54.2 Å². The second-order valence-corrected chi connectivity index (χ2v) is 11.5. The molecule has 0 aliphatic heterocycles. The van der Waals surface area contributed by atoms with Crippen molar-refractivity contribution in [3.05, 3.63) is 41.6 Å². The van der Waals surface area contributed by atoms with E-state index in [-0.39, 0.29) is 35.4 Å². The average molecular weight is 671 g/mol. The van der Waals surface area contributed by atoms with Crippen molar-refractivity contribution in [1.82, 2.24) is 40.2 Å². The molecule has 20 heteroatoms. The number of amides is 2. The van der Waals surface area contributed by atoms with E-state index in [4.69, 9.17) is 0 Å². The molecule has 11 nitrogen and oxygen atoms in total. The zero-order chi connectivity index (χ0) is 33.7. The second-order valence-electron chi connectivity index (χ2n) is 11.5. The van der Waals surface area contributed by atoms with Gasteiger partial charge in [0.25, 0.3) is 5.91 Å². The van der Waals surface area contributed by atoms with Crippen LogP contribution in [0.15, 0.2) is 24.7 Å². The van der Waals surface area contributed by atoms with Crippen LogP contribution in [0.4, 0.5) is 39.5 Å². The fourth-order valence-corrected chi connectivity index (χ4v) is 5.42. The van der Waals surface area contributed by atoms with Gasteiger partial charge in [0.2, 0.25) is 11.8 Å². The summed E-state index contributed by atoms with van der Waals surface area (Å²) >= 11 is 0. The summed E-state index contributed by atoms with van der Waals surface area (Å²) in [6.07, 6.45) is -7.25. The Morgan fingerprint density at radius 3 is 2.37 bits per heavy atom. The molecule has 0 saturated heterocycles. The Kier molecular flexibility index (Phi) is 8.71. The summed E-state index contributed by atoms with van der Waals surface area (Å²) in [7, 11) is 0. The number of aliphatic hydroxyl groups excluding tert-OH is 1. The number of aromatic nitrogens is 6. The van der Waals surface area contributed by atoms with E-state index in [1.165, 1.54) is 16.8 Å². The van der Waals surface area contributed by atoms with Crippen molar-refractivity contribution in [3.8, 4) is 0 Å². The molecule has 2 amide bonds. The number of fused-ring (bicyclic) bond motifs is 1. The molecule has 252 valence electrons. The van der Waals surface area contributed by atoms with Gasteiger partial charge in [-0.15, -0.1) is 5.10 Å². The molecule has 3 aromatic heterocycles. The third kappa shape index (κ3) is 7.20. The van der Waals surface area contributed by atoms with Crippen LogP contribution < -0.4 is 10.6 Å². The molecular weight excluding hydrogens is 643 g/mol. The van der Waals surface area contributed by atoms with E-state index in [0.29, 0.717) is 4.80 Å². The number of aliphatic hydroxyl groups is 1. The van der Waals surface area contributed by atoms with E-state index in [1.807, 2.05) is 5.32 Å². The first kappa shape index (κ1) is 33.4. The van der Waals surface area contributed by atoms with Crippen LogP contribution in [0.2, 0.25) is 0 Å². The van der Waals surface area contributed by atoms with Gasteiger partial charge in [0.15, 0.2) is 17.6 Å². The largest absolute Gasteiger partial charge is 0.389 e. The van der Waals surface area contributed by atoms with Gasteiger partial charge in [-0.3, -0.25) is 9.59 Å². The Hall–Kier alpha value is -3.97. The maximum atomic E-state index is 14.0. The Balaban J connectivity index is 1.32. The maximum Gasteiger partial charge on any atom is 0.389 e. The molecule has 2 aliphatic rings. The van der Waals surface area contributed by atoms with Gasteiger partial charge < -0.3 is 15.7 Å². The van der Waals surface area contributed by atoms with Crippen LogP contribution in [0.3, 0.4) is 0 Å². The normalized spacial score (nSPS) is 22.2. The Bertz CT molecular complexity index is 1580. The Morgan fingerprint density at radius 2 is 1.74 bits per heavy atom. The lowest BCUT2D eigenvalue weighted by atomic mass is 9.77. The van der Waals surface area contributed by atoms with E-state index < -0.39 is 98.5 Å². The molecule has 0 bridgehead atoms. The Labute approximate surface area is 253 Å². The molecule has 0 spiro atoms. The van der Waals surface area contributed by atoms with E-state index >= 15 is 0 Å². The maximum absolute atomic E-state index is 14.0. The summed E-state index contributed by atoms with van der Waals surface area (Å²) in [5, 5.41) is 26.6. The van der Waals surface area contributed by atoms with Crippen LogP contribution in [-0.2, 0) is 11.3 Å². The number of imidazole rings is 1. The van der Waals surface area contributed by atoms with Crippen molar-refractivity contribution in [2.75, 3.05) is 0 Å². The minimum Gasteiger partial charge on any atom is -0.369 e. The number of hydrogen-bond donors (Lipinski definition) is 3. The fraction of sp³-hybridized carbons (Fsp3) is 0.615. The summed E-state index contributed by atoms with van der Waals surface area (Å²) in [4.78, 5) is 30.1. The van der Waals surface area contributed by atoms with Crippen molar-refractivity contribution in [2.45, 2.75) is 87.7 Å². The highest BCUT2D eigenvalue weighted by molar-refractivity contribution is 5.92. The smallest absolute Gasteiger partial charge is 0.369 e. The molecule has 2 fully saturated rings. The number of carbonyl (C=O) groups excluding carboxylic acids is 2. The van der Waals surface area contributed by atoms with Gasteiger partial charge >= 0.3 is 18.0 Å². The minimum atomic E-state index is -4.57. The van der Waals surface area contributed by atoms with Crippen molar-refractivity contribution in [2.24, 2.45) is 11.8 Å². The predicted octanol–water partition coefficient (Wildman–Crippen LogP) is 4.36. The van der Waals surface area contributed by atoms with E-state index in [0.717, 1.165) is 12.4 Å². The van der Waals surface area contributed by atoms with Gasteiger partial charge in [-0.05, 0) is 24.8 Å². The summed E-state index contributed by atoms with van der Waals surface area (Å²) in [6.45, 7) is -0.675. The van der Waals surface area contributed by atoms with Crippen molar-refractivity contribution in [3.63, 3.8) is 0 Å². The van der Waals surface area contributed by atoms with Gasteiger partial charge in [-0.2, -0.15) is 45.7 Å². The highest BCUT2D eigenvalue weighted by atomic mass is 19.4. The number of rotatable bonds is 10. The molecule has 3 aromatic rings. The molecule has 3 atom stereocenters. The number of hydrogen-bond acceptors (Lipinski definition) is 7. The molecule has 46 heavy (non-hydrogen) atoms. The monoisotopic (exact) mass is 670 g/mol. The Morgan fingerprint density at radius 1 is 1.04 bits per heavy atom. The first-order valence-corrected chi connectivity index (χ1v) is 14.1. The van der Waals surface area contributed by atoms with Crippen LogP contribution in [0.1, 0.15) is 79.0 Å². The lowest BCUT2D eigenvalue weighted by molar-refractivity contribution is -0.316. The second kappa shape index (κ2) is 12.0. The van der Waals surface area contributed by atoms with Gasteiger partial charge in [-0.25, -0.2) is 18.3 Å². The van der Waals surface area contributed by atoms with E-state index in [2.05, 4.69) is 25.6 Å². The zero-order valence-electron chi connectivity index (χ0n) is 23.6. The number of alkyl halides is 9. The van der Waals surface area contributed by atoms with Gasteiger partial charge in [0.1, 0.15) is 0 Å². The van der Waals surface area contributed by atoms with Crippen molar-refractivity contribution >= 4 is 17.5 Å². The molecule has 1 unspecified atom stereocenters. The number of halogens is 9. The molecule has 3 N–H and O–H groups in total. The van der Waals surface area contributed by atoms with Crippen LogP contribution >= 0.6 is 0 Å². The van der Waals surface area contributed by atoms with Gasteiger partial charge in [-0.1, -0.05) is 0 Å². The fourth-order valence-electron chi connectivity index (χ4n) is 5.42. The predicted molar refractivity (Wildman–Crippen MR) is 137 cm³/mol. The lowest BCUT2D eigenvalue weighted by Crippen LogP contribution is -2.59. The van der Waals surface area contributed by atoms with Crippen LogP contribution in [0.5, 0.6) is 0 Å². The summed E-state index contributed by atoms with van der Waals surface area (Å²) in [5.74, 6) is -15.6. The highest BCUT2D eigenvalue weighted by Crippen LogP contribution is 2.55. The summed E-state index contributed by atoms with van der Waals surface area (Å²) in [5.41, 5.74) is -0.162. The number of nitrogens with zero attached hydrogens (tertiary/aromatic N) is 6. The van der Waals surface area contributed by atoms with E-state index in [9.17, 15) is 54.2 Å². The third-order valence-corrected chi connectivity index (χ3v) is 8.10. The quantitative estimate of drug-likeness (QED) is 0.215. The SMILES string of the molecule is O=C(CCC(F)(F)F)N[C@H](O)c1cnn2cc([C@@H](NC(=O)c3cnn(CC4CC(F)(F)C4(F)F)n3)C3CCC(F)(F)CC3)nc2c1. The van der Waals surface area contributed by atoms with Crippen molar-refractivity contribution in [1.29, 1.82) is 0 Å². The molecule has 3 heterocycles. The minimum absolute atomic E-state index is 0.0230. The standard InChI is InChI=1S/C26H27F9N8O3/c27-23(28)4-1-13(2-5-23)20(40-22(46)16-10-37-43(41-16)11-15-8-24(29,30)26(15,34)35)17-12-42-18(38-17)7-14(9-36-42)21(45)39-19(44)3-6-25(31,32)33/h7,9-10,12-13,15,20-21,45H,1-6,8,11H2,(H,39,44)(H,40,46)/t15?,20-,21+/m0/s1. The first-order chi connectivity index (χ1) is 21.3. The third-order valence-electron chi connectivity index (χ3n) is 8.10. The zero-order valence-corrected chi connectivity index (χ0v) is 23.6. The number of carbonyl (C=O) groups is 2. The molecule has 0 aromatic carbocycles. The first-order valence-electron chi connectivity index (χ1n) is 14.1. The molecule has 2 aliphatic carbocycles.